The average Bonchev–Trinajstić information content (AvgIpc) is 3.02. The first kappa shape index (κ1) is 19.3. The fraction of sp³-hybridized carbons (Fsp3) is 0.211. The van der Waals surface area contributed by atoms with Gasteiger partial charge in [-0.15, -0.1) is 0 Å². The summed E-state index contributed by atoms with van der Waals surface area (Å²) >= 11 is 0. The third-order valence-electron chi connectivity index (χ3n) is 4.53. The van der Waals surface area contributed by atoms with Crippen LogP contribution in [-0.4, -0.2) is 27.8 Å². The number of aldehydes is 1. The Labute approximate surface area is 160 Å². The quantitative estimate of drug-likeness (QED) is 0.326. The molecule has 0 saturated carbocycles. The van der Waals surface area contributed by atoms with Crippen LogP contribution >= 0.6 is 0 Å². The molecule has 3 aromatic rings. The first-order valence-corrected chi connectivity index (χ1v) is 8.61. The second-order valence-corrected chi connectivity index (χ2v) is 6.54. The fourth-order valence-corrected chi connectivity index (χ4v) is 2.90. The molecular formula is C19H21FN6O2. The molecule has 8 nitrogen and oxygen atoms in total. The lowest BCUT2D eigenvalue weighted by Gasteiger charge is -2.25. The van der Waals surface area contributed by atoms with Gasteiger partial charge in [0, 0.05) is 36.3 Å². The first-order valence-electron chi connectivity index (χ1n) is 8.61. The van der Waals surface area contributed by atoms with E-state index < -0.39 is 17.8 Å². The van der Waals surface area contributed by atoms with Gasteiger partial charge in [0.2, 0.25) is 0 Å². The number of hydrogen-bond acceptors (Lipinski definition) is 6. The molecule has 0 aliphatic carbocycles. The van der Waals surface area contributed by atoms with Gasteiger partial charge in [-0.25, -0.2) is 15.2 Å². The van der Waals surface area contributed by atoms with Crippen LogP contribution in [0, 0.1) is 5.82 Å². The van der Waals surface area contributed by atoms with Crippen LogP contribution in [0.2, 0.25) is 0 Å². The van der Waals surface area contributed by atoms with E-state index in [2.05, 4.69) is 10.3 Å². The Morgan fingerprint density at radius 2 is 2.14 bits per heavy atom. The van der Waals surface area contributed by atoms with Crippen molar-refractivity contribution in [1.82, 2.24) is 9.55 Å². The molecule has 9 heteroatoms. The number of hydrogen-bond donors (Lipinski definition) is 3. The van der Waals surface area contributed by atoms with E-state index in [-0.39, 0.29) is 23.6 Å². The number of anilines is 3. The number of carbonyl (C=O) groups is 2. The summed E-state index contributed by atoms with van der Waals surface area (Å²) < 4.78 is 16.5. The van der Waals surface area contributed by atoms with Crippen molar-refractivity contribution in [3.05, 3.63) is 47.9 Å². The van der Waals surface area contributed by atoms with E-state index in [0.717, 1.165) is 22.0 Å². The zero-order valence-electron chi connectivity index (χ0n) is 15.5. The molecule has 1 atom stereocenters. The maximum absolute atomic E-state index is 14.5. The third-order valence-corrected chi connectivity index (χ3v) is 4.53. The summed E-state index contributed by atoms with van der Waals surface area (Å²) in [5.74, 6) is 4.17. The van der Waals surface area contributed by atoms with Gasteiger partial charge in [-0.3, -0.25) is 9.80 Å². The van der Waals surface area contributed by atoms with Crippen molar-refractivity contribution in [1.29, 1.82) is 0 Å². The van der Waals surface area contributed by atoms with Gasteiger partial charge >= 0.3 is 0 Å². The molecule has 0 aliphatic rings. The highest BCUT2D eigenvalue weighted by atomic mass is 19.1. The van der Waals surface area contributed by atoms with Crippen molar-refractivity contribution in [2.24, 2.45) is 18.6 Å². The topological polar surface area (TPSA) is 119 Å². The molecule has 3 rings (SSSR count). The van der Waals surface area contributed by atoms with Crippen molar-refractivity contribution in [2.75, 3.05) is 10.3 Å². The molecule has 0 unspecified atom stereocenters. The molecule has 2 heterocycles. The van der Waals surface area contributed by atoms with E-state index in [1.54, 1.807) is 6.92 Å². The van der Waals surface area contributed by atoms with Gasteiger partial charge in [0.15, 0.2) is 11.6 Å². The molecule has 0 saturated heterocycles. The Balaban J connectivity index is 2.02. The Morgan fingerprint density at radius 3 is 2.82 bits per heavy atom. The van der Waals surface area contributed by atoms with Crippen molar-refractivity contribution in [3.63, 3.8) is 0 Å². The first-order chi connectivity index (χ1) is 13.3. The van der Waals surface area contributed by atoms with Crippen molar-refractivity contribution in [3.8, 4) is 0 Å². The number of hydrazine groups is 1. The number of nitrogens with zero attached hydrogens (tertiary/aromatic N) is 3. The van der Waals surface area contributed by atoms with Crippen LogP contribution in [0.1, 0.15) is 23.7 Å². The van der Waals surface area contributed by atoms with E-state index in [9.17, 15) is 14.0 Å². The smallest absolute Gasteiger partial charge is 0.252 e. The Kier molecular flexibility index (Phi) is 5.27. The Bertz CT molecular complexity index is 1050. The summed E-state index contributed by atoms with van der Waals surface area (Å²) in [4.78, 5) is 26.7. The molecule has 1 amide bonds. The van der Waals surface area contributed by atoms with Crippen LogP contribution in [0.15, 0.2) is 36.5 Å². The van der Waals surface area contributed by atoms with Crippen molar-refractivity contribution < 1.29 is 14.0 Å². The van der Waals surface area contributed by atoms with Crippen LogP contribution in [0.4, 0.5) is 21.7 Å². The van der Waals surface area contributed by atoms with Gasteiger partial charge in [-0.05, 0) is 37.3 Å². The molecule has 5 N–H and O–H groups in total. The van der Waals surface area contributed by atoms with Gasteiger partial charge in [-0.1, -0.05) is 0 Å². The van der Waals surface area contributed by atoms with Crippen molar-refractivity contribution in [2.45, 2.75) is 19.4 Å². The second-order valence-electron chi connectivity index (χ2n) is 6.54. The predicted octanol–water partition coefficient (Wildman–Crippen LogP) is 2.21. The standard InChI is InChI=1S/C19H21FN6O2/c1-11(6-8-27)26(22)19-15(20)10-14(17(21)28)18(24-19)23-13-3-4-16-12(9-13)5-7-25(16)2/h3-5,7-11H,6,22H2,1-2H3,(H2,21,28)(H,23,24)/t11-/m1/s1. The number of carbonyl (C=O) groups excluding carboxylic acids is 2. The number of amides is 1. The number of primary amides is 1. The molecule has 0 aliphatic heterocycles. The number of aromatic nitrogens is 2. The van der Waals surface area contributed by atoms with Gasteiger partial charge in [0.1, 0.15) is 12.1 Å². The highest BCUT2D eigenvalue weighted by molar-refractivity contribution is 5.99. The van der Waals surface area contributed by atoms with E-state index in [4.69, 9.17) is 11.6 Å². The predicted molar refractivity (Wildman–Crippen MR) is 106 cm³/mol. The summed E-state index contributed by atoms with van der Waals surface area (Å²) in [6, 6.07) is 8.05. The van der Waals surface area contributed by atoms with Gasteiger partial charge in [-0.2, -0.15) is 0 Å². The molecule has 0 spiro atoms. The number of nitrogens with one attached hydrogen (secondary N) is 1. The molecule has 146 valence electrons. The third kappa shape index (κ3) is 3.65. The molecular weight excluding hydrogens is 363 g/mol. The summed E-state index contributed by atoms with van der Waals surface area (Å²) in [5, 5.41) is 5.05. The molecule has 28 heavy (non-hydrogen) atoms. The number of pyridine rings is 1. The van der Waals surface area contributed by atoms with Gasteiger partial charge in [0.25, 0.3) is 5.91 Å². The number of benzene rings is 1. The lowest BCUT2D eigenvalue weighted by Crippen LogP contribution is -2.41. The minimum absolute atomic E-state index is 0.0768. The van der Waals surface area contributed by atoms with E-state index in [1.165, 1.54) is 0 Å². The Hall–Kier alpha value is -3.46. The fourth-order valence-electron chi connectivity index (χ4n) is 2.90. The number of aryl methyl sites for hydroxylation is 1. The largest absolute Gasteiger partial charge is 0.365 e. The lowest BCUT2D eigenvalue weighted by atomic mass is 10.2. The second kappa shape index (κ2) is 7.65. The lowest BCUT2D eigenvalue weighted by molar-refractivity contribution is -0.108. The van der Waals surface area contributed by atoms with Crippen LogP contribution in [0.5, 0.6) is 0 Å². The SMILES string of the molecule is C[C@H](CC=O)N(N)c1nc(Nc2ccc3c(ccn3C)c2)c(C(N)=O)cc1F. The molecule has 0 fully saturated rings. The van der Waals surface area contributed by atoms with E-state index in [1.807, 2.05) is 42.1 Å². The molecule has 0 radical (unpaired) electrons. The Morgan fingerprint density at radius 1 is 1.39 bits per heavy atom. The van der Waals surface area contributed by atoms with Crippen molar-refractivity contribution >= 4 is 40.4 Å². The zero-order valence-corrected chi connectivity index (χ0v) is 15.5. The number of rotatable bonds is 7. The highest BCUT2D eigenvalue weighted by Gasteiger charge is 2.21. The summed E-state index contributed by atoms with van der Waals surface area (Å²) in [5.41, 5.74) is 6.96. The van der Waals surface area contributed by atoms with Crippen LogP contribution < -0.4 is 21.9 Å². The maximum Gasteiger partial charge on any atom is 0.252 e. The minimum Gasteiger partial charge on any atom is -0.365 e. The van der Waals surface area contributed by atoms with Crippen LogP contribution in [0.25, 0.3) is 10.9 Å². The maximum atomic E-state index is 14.5. The summed E-state index contributed by atoms with van der Waals surface area (Å²) in [6.07, 6.45) is 2.72. The van der Waals surface area contributed by atoms with Gasteiger partial charge < -0.3 is 20.4 Å². The van der Waals surface area contributed by atoms with Crippen LogP contribution in [-0.2, 0) is 11.8 Å². The average molecular weight is 384 g/mol. The monoisotopic (exact) mass is 384 g/mol. The molecule has 2 aromatic heterocycles. The summed E-state index contributed by atoms with van der Waals surface area (Å²) in [6.45, 7) is 1.66. The van der Waals surface area contributed by atoms with Crippen LogP contribution in [0.3, 0.4) is 0 Å². The van der Waals surface area contributed by atoms with E-state index in [0.29, 0.717) is 12.0 Å². The minimum atomic E-state index is -0.828. The summed E-state index contributed by atoms with van der Waals surface area (Å²) in [7, 11) is 1.94. The number of fused-ring (bicyclic) bond motifs is 1. The van der Waals surface area contributed by atoms with E-state index >= 15 is 0 Å². The molecule has 1 aromatic carbocycles. The number of nitrogens with two attached hydrogens (primary N) is 2. The molecule has 0 bridgehead atoms. The normalized spacial score (nSPS) is 12.0. The zero-order chi connectivity index (χ0) is 20.4. The highest BCUT2D eigenvalue weighted by Crippen LogP contribution is 2.27. The number of halogens is 1. The van der Waals surface area contributed by atoms with Gasteiger partial charge in [0.05, 0.1) is 11.6 Å².